The highest BCUT2D eigenvalue weighted by atomic mass is 16.7. The van der Waals surface area contributed by atoms with Gasteiger partial charge in [-0.05, 0) is 125 Å². The minimum absolute atomic E-state index is 0.0396. The van der Waals surface area contributed by atoms with Crippen LogP contribution in [0.5, 0.6) is 0 Å². The predicted octanol–water partition coefficient (Wildman–Crippen LogP) is 7.55. The van der Waals surface area contributed by atoms with Gasteiger partial charge < -0.3 is 29.2 Å². The summed E-state index contributed by atoms with van der Waals surface area (Å²) in [6, 6.07) is 0. The van der Waals surface area contributed by atoms with Gasteiger partial charge in [-0.3, -0.25) is 0 Å². The second kappa shape index (κ2) is 13.3. The van der Waals surface area contributed by atoms with Gasteiger partial charge in [-0.2, -0.15) is 0 Å². The highest BCUT2D eigenvalue weighted by molar-refractivity contribution is 5.28. The lowest BCUT2D eigenvalue weighted by molar-refractivity contribution is -0.248. The van der Waals surface area contributed by atoms with E-state index in [2.05, 4.69) is 26.8 Å². The van der Waals surface area contributed by atoms with Crippen molar-refractivity contribution in [2.45, 2.75) is 161 Å². The van der Waals surface area contributed by atoms with Gasteiger partial charge in [0.05, 0.1) is 24.4 Å². The van der Waals surface area contributed by atoms with Crippen molar-refractivity contribution in [3.8, 4) is 0 Å². The molecule has 3 saturated carbocycles. The molecule has 2 saturated heterocycles. The Kier molecular flexibility index (Phi) is 10.0. The average molecular weight is 603 g/mol. The lowest BCUT2D eigenvalue weighted by atomic mass is 9.46. The monoisotopic (exact) mass is 602 g/mol. The first-order chi connectivity index (χ1) is 20.6. The molecule has 0 radical (unpaired) electrons. The van der Waals surface area contributed by atoms with Crippen LogP contribution in [-0.4, -0.2) is 60.4 Å². The SMILES string of the molecule is C[C@H](CCC[C@@](C)(O)CO)[C@H]1CC[C@H]2[C@@H]3CC=C4C[C@@H](OC5CCCCO5)C[C@H](OC5CCCCO5)[C@]4(C)[C@H]3CC[C@]12C. The maximum atomic E-state index is 10.3. The van der Waals surface area contributed by atoms with Crippen LogP contribution in [0, 0.1) is 40.4 Å². The van der Waals surface area contributed by atoms with Crippen LogP contribution in [0.1, 0.15) is 130 Å². The maximum Gasteiger partial charge on any atom is 0.157 e. The van der Waals surface area contributed by atoms with Crippen molar-refractivity contribution in [2.24, 2.45) is 40.4 Å². The molecule has 5 fully saturated rings. The van der Waals surface area contributed by atoms with E-state index in [-0.39, 0.29) is 36.8 Å². The molecular formula is C37H62O6. The van der Waals surface area contributed by atoms with Crippen LogP contribution in [0.3, 0.4) is 0 Å². The molecule has 6 heteroatoms. The van der Waals surface area contributed by atoms with Gasteiger partial charge in [-0.15, -0.1) is 0 Å². The van der Waals surface area contributed by atoms with Crippen LogP contribution < -0.4 is 0 Å². The maximum absolute atomic E-state index is 10.3. The normalized spacial score (nSPS) is 45.3. The van der Waals surface area contributed by atoms with Gasteiger partial charge in [-0.1, -0.05) is 45.3 Å². The molecule has 4 aliphatic carbocycles. The summed E-state index contributed by atoms with van der Waals surface area (Å²) >= 11 is 0. The second-order valence-electron chi connectivity index (χ2n) is 16.3. The standard InChI is InChI=1S/C37H62O6/c1-25(10-9-18-35(2,39)24-38)29-15-16-30-28-14-13-26-22-27(42-33-11-5-7-20-40-33)23-32(43-34-12-6-8-21-41-34)37(26,4)31(28)17-19-36(29,30)3/h13,25,27-34,38-39H,5-12,14-24H2,1-4H3/t25-,27-,28+,29-,30+,31+,32+,33?,34?,35-,36-,37+/m1/s1. The van der Waals surface area contributed by atoms with Crippen LogP contribution in [0.2, 0.25) is 0 Å². The van der Waals surface area contributed by atoms with Crippen molar-refractivity contribution in [3.05, 3.63) is 11.6 Å². The van der Waals surface area contributed by atoms with E-state index in [1.807, 2.05) is 0 Å². The number of aliphatic hydroxyl groups is 2. The van der Waals surface area contributed by atoms with Gasteiger partial charge in [0.25, 0.3) is 0 Å². The summed E-state index contributed by atoms with van der Waals surface area (Å²) in [4.78, 5) is 0. The molecule has 0 bridgehead atoms. The Morgan fingerprint density at radius 1 is 0.977 bits per heavy atom. The summed E-state index contributed by atoms with van der Waals surface area (Å²) < 4.78 is 25.9. The molecule has 0 aromatic carbocycles. The van der Waals surface area contributed by atoms with Gasteiger partial charge in [0.1, 0.15) is 0 Å². The number of rotatable bonds is 10. The minimum Gasteiger partial charge on any atom is -0.393 e. The molecule has 6 aliphatic rings. The lowest BCUT2D eigenvalue weighted by Gasteiger charge is -2.60. The van der Waals surface area contributed by atoms with Crippen LogP contribution in [0.25, 0.3) is 0 Å². The Hall–Kier alpha value is -0.500. The summed E-state index contributed by atoms with van der Waals surface area (Å²) in [5.41, 5.74) is 1.07. The number of allylic oxidation sites excluding steroid dienone is 1. The molecule has 2 aliphatic heterocycles. The number of hydrogen-bond donors (Lipinski definition) is 2. The first kappa shape index (κ1) is 32.4. The van der Waals surface area contributed by atoms with Crippen LogP contribution in [0.4, 0.5) is 0 Å². The Labute approximate surface area is 261 Å². The van der Waals surface area contributed by atoms with Crippen molar-refractivity contribution in [3.63, 3.8) is 0 Å². The fraction of sp³-hybridized carbons (Fsp3) is 0.946. The molecule has 43 heavy (non-hydrogen) atoms. The predicted molar refractivity (Wildman–Crippen MR) is 168 cm³/mol. The van der Waals surface area contributed by atoms with E-state index in [9.17, 15) is 10.2 Å². The summed E-state index contributed by atoms with van der Waals surface area (Å²) in [5, 5.41) is 19.8. The molecule has 2 heterocycles. The molecule has 2 unspecified atom stereocenters. The number of hydrogen-bond acceptors (Lipinski definition) is 6. The quantitative estimate of drug-likeness (QED) is 0.252. The second-order valence-corrected chi connectivity index (χ2v) is 16.3. The molecule has 0 aromatic heterocycles. The van der Waals surface area contributed by atoms with E-state index in [1.54, 1.807) is 12.5 Å². The Morgan fingerprint density at radius 2 is 1.70 bits per heavy atom. The number of fused-ring (bicyclic) bond motifs is 5. The largest absolute Gasteiger partial charge is 0.393 e. The molecule has 0 aromatic rings. The van der Waals surface area contributed by atoms with E-state index in [1.165, 1.54) is 44.9 Å². The van der Waals surface area contributed by atoms with Crippen LogP contribution >= 0.6 is 0 Å². The van der Waals surface area contributed by atoms with Gasteiger partial charge in [0.15, 0.2) is 12.6 Å². The van der Waals surface area contributed by atoms with E-state index < -0.39 is 5.60 Å². The van der Waals surface area contributed by atoms with Crippen LogP contribution in [0.15, 0.2) is 11.6 Å². The fourth-order valence-electron chi connectivity index (χ4n) is 11.1. The first-order valence-electron chi connectivity index (χ1n) is 18.2. The van der Waals surface area contributed by atoms with Crippen LogP contribution in [-0.2, 0) is 18.9 Å². The Bertz CT molecular complexity index is 953. The Morgan fingerprint density at radius 3 is 2.37 bits per heavy atom. The summed E-state index contributed by atoms with van der Waals surface area (Å²) in [7, 11) is 0. The zero-order chi connectivity index (χ0) is 30.2. The molecule has 2 N–H and O–H groups in total. The Balaban J connectivity index is 1.19. The molecule has 6 nitrogen and oxygen atoms in total. The van der Waals surface area contributed by atoms with Gasteiger partial charge in [-0.25, -0.2) is 0 Å². The zero-order valence-electron chi connectivity index (χ0n) is 27.7. The van der Waals surface area contributed by atoms with Crippen molar-refractivity contribution in [2.75, 3.05) is 19.8 Å². The third-order valence-corrected chi connectivity index (χ3v) is 13.5. The number of ether oxygens (including phenoxy) is 4. The summed E-state index contributed by atoms with van der Waals surface area (Å²) in [6.45, 7) is 10.9. The molecule has 0 spiro atoms. The average Bonchev–Trinajstić information content (AvgIpc) is 3.36. The summed E-state index contributed by atoms with van der Waals surface area (Å²) in [6.07, 6.45) is 20.7. The van der Waals surface area contributed by atoms with Crippen molar-refractivity contribution >= 4 is 0 Å². The van der Waals surface area contributed by atoms with Crippen molar-refractivity contribution in [1.82, 2.24) is 0 Å². The molecule has 12 atom stereocenters. The fourth-order valence-corrected chi connectivity index (χ4v) is 11.1. The van der Waals surface area contributed by atoms with Gasteiger partial charge in [0, 0.05) is 25.0 Å². The summed E-state index contributed by atoms with van der Waals surface area (Å²) in [5.74, 6) is 3.54. The van der Waals surface area contributed by atoms with E-state index in [4.69, 9.17) is 18.9 Å². The smallest absolute Gasteiger partial charge is 0.157 e. The number of aliphatic hydroxyl groups excluding tert-OH is 1. The highest BCUT2D eigenvalue weighted by Gasteiger charge is 2.61. The van der Waals surface area contributed by atoms with E-state index in [0.717, 1.165) is 82.3 Å². The molecule has 246 valence electrons. The first-order valence-corrected chi connectivity index (χ1v) is 18.2. The highest BCUT2D eigenvalue weighted by Crippen LogP contribution is 2.68. The van der Waals surface area contributed by atoms with Crippen molar-refractivity contribution < 1.29 is 29.2 Å². The minimum atomic E-state index is -0.948. The van der Waals surface area contributed by atoms with E-state index >= 15 is 0 Å². The van der Waals surface area contributed by atoms with Gasteiger partial charge in [0.2, 0.25) is 0 Å². The molecular weight excluding hydrogens is 540 g/mol. The molecule has 6 rings (SSSR count). The third-order valence-electron chi connectivity index (χ3n) is 13.5. The lowest BCUT2D eigenvalue weighted by Crippen LogP contribution is -2.57. The zero-order valence-corrected chi connectivity index (χ0v) is 27.7. The van der Waals surface area contributed by atoms with Crippen molar-refractivity contribution in [1.29, 1.82) is 0 Å². The van der Waals surface area contributed by atoms with E-state index in [0.29, 0.717) is 23.7 Å². The third kappa shape index (κ3) is 6.54. The topological polar surface area (TPSA) is 77.4 Å². The van der Waals surface area contributed by atoms with Gasteiger partial charge >= 0.3 is 0 Å². The molecule has 0 amide bonds.